The molecule has 2 atom stereocenters. The van der Waals surface area contributed by atoms with Gasteiger partial charge in [-0.3, -0.25) is 0 Å². The largest absolute Gasteiger partial charge is 0.416 e. The molecule has 7 heteroatoms. The van der Waals surface area contributed by atoms with E-state index in [4.69, 9.17) is 16.9 Å². The maximum atomic E-state index is 12.5. The molecule has 2 unspecified atom stereocenters. The van der Waals surface area contributed by atoms with Crippen molar-refractivity contribution in [1.29, 1.82) is 5.26 Å². The quantitative estimate of drug-likeness (QED) is 0.894. The molecule has 18 heavy (non-hydrogen) atoms. The summed E-state index contributed by atoms with van der Waals surface area (Å²) >= 11 is 5.66. The number of hydrogen-bond donors (Lipinski definition) is 2. The zero-order valence-corrected chi connectivity index (χ0v) is 9.70. The molecule has 1 aromatic rings. The maximum Gasteiger partial charge on any atom is 0.416 e. The van der Waals surface area contributed by atoms with Crippen LogP contribution in [0, 0.1) is 11.3 Å². The maximum absolute atomic E-state index is 12.5. The normalized spacial score (nSPS) is 14.9. The molecule has 0 heterocycles. The first-order valence-electron chi connectivity index (χ1n) is 4.87. The van der Waals surface area contributed by atoms with Gasteiger partial charge >= 0.3 is 6.18 Å². The van der Waals surface area contributed by atoms with Crippen LogP contribution >= 0.6 is 11.6 Å². The molecular formula is C11H9ClF3NO2. The van der Waals surface area contributed by atoms with Gasteiger partial charge in [-0.25, -0.2) is 0 Å². The summed E-state index contributed by atoms with van der Waals surface area (Å²) in [7, 11) is 0. The highest BCUT2D eigenvalue weighted by Crippen LogP contribution is 2.34. The number of aliphatic hydroxyl groups excluding tert-OH is 2. The SMILES string of the molecule is N#CCC(O)C(O)c1cc(C(F)(F)F)ccc1Cl. The monoisotopic (exact) mass is 279 g/mol. The van der Waals surface area contributed by atoms with Gasteiger partial charge in [-0.15, -0.1) is 0 Å². The second-order valence-corrected chi connectivity index (χ2v) is 4.02. The molecule has 0 aliphatic carbocycles. The molecule has 3 nitrogen and oxygen atoms in total. The van der Waals surface area contributed by atoms with E-state index >= 15 is 0 Å². The molecule has 98 valence electrons. The Morgan fingerprint density at radius 1 is 1.33 bits per heavy atom. The Balaban J connectivity index is 3.12. The smallest absolute Gasteiger partial charge is 0.389 e. The van der Waals surface area contributed by atoms with Crippen molar-refractivity contribution in [2.45, 2.75) is 24.8 Å². The summed E-state index contributed by atoms with van der Waals surface area (Å²) in [5.41, 5.74) is -1.24. The van der Waals surface area contributed by atoms with Crippen LogP contribution in [0.1, 0.15) is 23.7 Å². The van der Waals surface area contributed by atoms with E-state index < -0.39 is 30.4 Å². The fourth-order valence-corrected chi connectivity index (χ4v) is 1.59. The Morgan fingerprint density at radius 3 is 2.44 bits per heavy atom. The van der Waals surface area contributed by atoms with E-state index in [1.54, 1.807) is 6.07 Å². The van der Waals surface area contributed by atoms with Crippen LogP contribution < -0.4 is 0 Å². The first-order chi connectivity index (χ1) is 8.27. The van der Waals surface area contributed by atoms with Crippen molar-refractivity contribution in [3.8, 4) is 6.07 Å². The van der Waals surface area contributed by atoms with Crippen LogP contribution in [0.15, 0.2) is 18.2 Å². The zero-order valence-electron chi connectivity index (χ0n) is 8.95. The lowest BCUT2D eigenvalue weighted by molar-refractivity contribution is -0.137. The third-order valence-corrected chi connectivity index (χ3v) is 2.65. The van der Waals surface area contributed by atoms with E-state index in [1.165, 1.54) is 0 Å². The highest BCUT2D eigenvalue weighted by Gasteiger charge is 2.32. The third kappa shape index (κ3) is 3.35. The van der Waals surface area contributed by atoms with Crippen LogP contribution in [0.2, 0.25) is 5.02 Å². The van der Waals surface area contributed by atoms with Crippen molar-refractivity contribution in [1.82, 2.24) is 0 Å². The Hall–Kier alpha value is -1.29. The fourth-order valence-electron chi connectivity index (χ4n) is 1.36. The number of nitrogens with zero attached hydrogens (tertiary/aromatic N) is 1. The van der Waals surface area contributed by atoms with E-state index in [0.29, 0.717) is 6.07 Å². The van der Waals surface area contributed by atoms with Gasteiger partial charge < -0.3 is 10.2 Å². The number of benzene rings is 1. The number of rotatable bonds is 3. The summed E-state index contributed by atoms with van der Waals surface area (Å²) in [5.74, 6) is 0. The summed E-state index contributed by atoms with van der Waals surface area (Å²) in [5, 5.41) is 27.3. The van der Waals surface area contributed by atoms with Crippen LogP contribution in [0.4, 0.5) is 13.2 Å². The summed E-state index contributed by atoms with van der Waals surface area (Å²) < 4.78 is 37.4. The molecule has 0 aliphatic heterocycles. The minimum Gasteiger partial charge on any atom is -0.389 e. The lowest BCUT2D eigenvalue weighted by atomic mass is 10.00. The van der Waals surface area contributed by atoms with Crippen molar-refractivity contribution in [2.75, 3.05) is 0 Å². The molecule has 1 aromatic carbocycles. The Morgan fingerprint density at radius 2 is 1.94 bits per heavy atom. The van der Waals surface area contributed by atoms with Gasteiger partial charge in [-0.2, -0.15) is 18.4 Å². The van der Waals surface area contributed by atoms with E-state index in [1.807, 2.05) is 0 Å². The molecular weight excluding hydrogens is 271 g/mol. The molecule has 0 bridgehead atoms. The minimum absolute atomic E-state index is 0.104. The van der Waals surface area contributed by atoms with Crippen LogP contribution in [-0.4, -0.2) is 16.3 Å². The first-order valence-corrected chi connectivity index (χ1v) is 5.25. The van der Waals surface area contributed by atoms with Gasteiger partial charge in [0.25, 0.3) is 0 Å². The van der Waals surface area contributed by atoms with Crippen LogP contribution in [0.5, 0.6) is 0 Å². The average Bonchev–Trinajstić information content (AvgIpc) is 2.27. The summed E-state index contributed by atoms with van der Waals surface area (Å²) in [6, 6.07) is 4.03. The highest BCUT2D eigenvalue weighted by atomic mass is 35.5. The van der Waals surface area contributed by atoms with Gasteiger partial charge in [0, 0.05) is 10.6 Å². The summed E-state index contributed by atoms with van der Waals surface area (Å²) in [4.78, 5) is 0. The second-order valence-electron chi connectivity index (χ2n) is 3.61. The van der Waals surface area contributed by atoms with Crippen LogP contribution in [0.25, 0.3) is 0 Å². The van der Waals surface area contributed by atoms with Gasteiger partial charge in [-0.1, -0.05) is 11.6 Å². The van der Waals surface area contributed by atoms with Crippen molar-refractivity contribution >= 4 is 11.6 Å². The van der Waals surface area contributed by atoms with Crippen molar-refractivity contribution in [3.05, 3.63) is 34.3 Å². The molecule has 0 saturated carbocycles. The Bertz CT molecular complexity index is 470. The number of alkyl halides is 3. The zero-order chi connectivity index (χ0) is 13.9. The van der Waals surface area contributed by atoms with Gasteiger partial charge in [-0.05, 0) is 18.2 Å². The van der Waals surface area contributed by atoms with Crippen LogP contribution in [0.3, 0.4) is 0 Å². The molecule has 0 spiro atoms. The summed E-state index contributed by atoms with van der Waals surface area (Å²) in [6.45, 7) is 0. The molecule has 0 saturated heterocycles. The Labute approximate surface area is 106 Å². The third-order valence-electron chi connectivity index (χ3n) is 2.31. The lowest BCUT2D eigenvalue weighted by Crippen LogP contribution is -2.18. The van der Waals surface area contributed by atoms with Gasteiger partial charge in [0.15, 0.2) is 0 Å². The fraction of sp³-hybridized carbons (Fsp3) is 0.364. The molecule has 1 rings (SSSR count). The second kappa shape index (κ2) is 5.57. The average molecular weight is 280 g/mol. The molecule has 0 fully saturated rings. The van der Waals surface area contributed by atoms with Crippen molar-refractivity contribution in [2.24, 2.45) is 0 Å². The van der Waals surface area contributed by atoms with Crippen LogP contribution in [-0.2, 0) is 6.18 Å². The lowest BCUT2D eigenvalue weighted by Gasteiger charge is -2.18. The van der Waals surface area contributed by atoms with E-state index in [-0.39, 0.29) is 10.6 Å². The molecule has 0 aromatic heterocycles. The molecule has 0 radical (unpaired) electrons. The topological polar surface area (TPSA) is 64.2 Å². The number of aliphatic hydroxyl groups is 2. The van der Waals surface area contributed by atoms with Gasteiger partial charge in [0.1, 0.15) is 6.10 Å². The minimum atomic E-state index is -4.57. The van der Waals surface area contributed by atoms with E-state index in [2.05, 4.69) is 0 Å². The summed E-state index contributed by atoms with van der Waals surface area (Å²) in [6.07, 6.45) is -8.11. The van der Waals surface area contributed by atoms with E-state index in [0.717, 1.165) is 12.1 Å². The Kier molecular flexibility index (Phi) is 4.57. The van der Waals surface area contributed by atoms with Gasteiger partial charge in [0.05, 0.1) is 24.2 Å². The van der Waals surface area contributed by atoms with Crippen molar-refractivity contribution in [3.63, 3.8) is 0 Å². The predicted molar refractivity (Wildman–Crippen MR) is 57.7 cm³/mol. The van der Waals surface area contributed by atoms with E-state index in [9.17, 15) is 23.4 Å². The molecule has 0 aliphatic rings. The van der Waals surface area contributed by atoms with Crippen molar-refractivity contribution < 1.29 is 23.4 Å². The molecule has 2 N–H and O–H groups in total. The molecule has 0 amide bonds. The number of nitriles is 1. The standard InChI is InChI=1S/C11H9ClF3NO2/c12-8-2-1-6(11(13,14)15)5-7(8)10(18)9(17)3-4-16/h1-2,5,9-10,17-18H,3H2. The highest BCUT2D eigenvalue weighted by molar-refractivity contribution is 6.31. The first kappa shape index (κ1) is 14.8. The predicted octanol–water partition coefficient (Wildman–Crippen LogP) is 2.67. The number of hydrogen-bond acceptors (Lipinski definition) is 3. The number of halogens is 4. The van der Waals surface area contributed by atoms with Gasteiger partial charge in [0.2, 0.25) is 0 Å².